The number of ether oxygens (including phenoxy) is 2. The van der Waals surface area contributed by atoms with Crippen LogP contribution in [-0.2, 0) is 57.6 Å². The minimum absolute atomic E-state index is 0.0689. The lowest BCUT2D eigenvalue weighted by Crippen LogP contribution is -2.49. The summed E-state index contributed by atoms with van der Waals surface area (Å²) in [5, 5.41) is 22.0. The average Bonchev–Trinajstić information content (AvgIpc) is 4.10. The van der Waals surface area contributed by atoms with Crippen LogP contribution in [0, 0.1) is 0 Å². The summed E-state index contributed by atoms with van der Waals surface area (Å²) >= 11 is 0. The summed E-state index contributed by atoms with van der Waals surface area (Å²) in [5.41, 5.74) is 7.75. The molecule has 0 radical (unpaired) electrons. The van der Waals surface area contributed by atoms with Crippen molar-refractivity contribution in [2.75, 3.05) is 65.4 Å². The molecular weight excluding hydrogens is 869 g/mol. The third-order valence-corrected chi connectivity index (χ3v) is 12.8. The molecular formula is C48H54N14O6. The number of esters is 2. The van der Waals surface area contributed by atoms with Gasteiger partial charge in [-0.05, 0) is 105 Å². The number of fused-ring (bicyclic) bond motifs is 2. The fraction of sp³-hybridized carbons (Fsp3) is 0.417. The molecule has 10 rings (SSSR count). The van der Waals surface area contributed by atoms with Crippen molar-refractivity contribution < 1.29 is 28.7 Å². The zero-order chi connectivity index (χ0) is 47.0. The number of carbonyl (C=O) groups excluding carboxylic acids is 4. The van der Waals surface area contributed by atoms with Crippen LogP contribution >= 0.6 is 0 Å². The van der Waals surface area contributed by atoms with Crippen LogP contribution in [0.15, 0.2) is 85.7 Å². The number of carbonyl (C=O) groups is 4. The molecule has 2 amide bonds. The minimum Gasteiger partial charge on any atom is -0.459 e. The van der Waals surface area contributed by atoms with E-state index in [0.717, 1.165) is 113 Å². The van der Waals surface area contributed by atoms with Crippen molar-refractivity contribution in [2.24, 2.45) is 0 Å². The highest BCUT2D eigenvalue weighted by Crippen LogP contribution is 2.24. The Balaban J connectivity index is 0.000000170. The summed E-state index contributed by atoms with van der Waals surface area (Å²) in [6.07, 6.45) is 10.3. The normalized spacial score (nSPS) is 18.4. The van der Waals surface area contributed by atoms with E-state index < -0.39 is 0 Å². The maximum atomic E-state index is 12.8. The quantitative estimate of drug-likeness (QED) is 0.161. The molecule has 6 aromatic rings. The Morgan fingerprint density at radius 2 is 0.971 bits per heavy atom. The van der Waals surface area contributed by atoms with Gasteiger partial charge in [0.25, 0.3) is 0 Å². The molecule has 0 aliphatic carbocycles. The summed E-state index contributed by atoms with van der Waals surface area (Å²) in [4.78, 5) is 66.8. The summed E-state index contributed by atoms with van der Waals surface area (Å²) in [7, 11) is 0. The number of nitrogens with zero attached hydrogens (tertiary/aromatic N) is 14. The van der Waals surface area contributed by atoms with E-state index in [1.54, 1.807) is 24.5 Å². The van der Waals surface area contributed by atoms with E-state index in [1.807, 2.05) is 60.0 Å². The van der Waals surface area contributed by atoms with E-state index in [4.69, 9.17) is 9.47 Å². The van der Waals surface area contributed by atoms with Gasteiger partial charge in [0.2, 0.25) is 11.8 Å². The Bertz CT molecular complexity index is 2500. The summed E-state index contributed by atoms with van der Waals surface area (Å²) in [5.74, 6) is 1.02. The lowest BCUT2D eigenvalue weighted by Gasteiger charge is -2.35. The van der Waals surface area contributed by atoms with Gasteiger partial charge in [0.1, 0.15) is 24.9 Å². The Morgan fingerprint density at radius 3 is 1.34 bits per heavy atom. The van der Waals surface area contributed by atoms with Crippen molar-refractivity contribution in [1.82, 2.24) is 70.0 Å². The predicted octanol–water partition coefficient (Wildman–Crippen LogP) is 2.18. The third kappa shape index (κ3) is 11.4. The summed E-state index contributed by atoms with van der Waals surface area (Å²) in [6, 6.07) is 19.5. The largest absolute Gasteiger partial charge is 0.459 e. The van der Waals surface area contributed by atoms with E-state index >= 15 is 0 Å². The van der Waals surface area contributed by atoms with Gasteiger partial charge in [-0.15, -0.1) is 10.2 Å². The number of cyclic esters (lactones) is 2. The van der Waals surface area contributed by atoms with Crippen molar-refractivity contribution in [3.8, 4) is 11.6 Å². The molecule has 0 unspecified atom stereocenters. The van der Waals surface area contributed by atoms with E-state index in [2.05, 4.69) is 63.0 Å². The number of pyridine rings is 2. The molecule has 2 atom stereocenters. The fourth-order valence-corrected chi connectivity index (χ4v) is 8.97. The Kier molecular flexibility index (Phi) is 14.2. The second-order valence-corrected chi connectivity index (χ2v) is 17.7. The van der Waals surface area contributed by atoms with Gasteiger partial charge in [0, 0.05) is 90.7 Å². The molecule has 8 heterocycles. The molecule has 4 aromatic heterocycles. The zero-order valence-corrected chi connectivity index (χ0v) is 38.3. The van der Waals surface area contributed by atoms with Crippen LogP contribution in [0.1, 0.15) is 67.9 Å². The maximum absolute atomic E-state index is 12.8. The standard InChI is InChI=1S/2C24H27N7O3/c2*1-17-12-20-13-18(2-4-21(20)24(33)34-17)6-7-29-8-10-30(11-9-29)23(32)14-19-3-5-22(25-15-19)31-16-26-27-28-31/h2*2-5,13,15-17H,6-12,14H2,1H3/t2*17-/m00/s1. The van der Waals surface area contributed by atoms with Gasteiger partial charge in [-0.1, -0.05) is 36.4 Å². The van der Waals surface area contributed by atoms with Crippen LogP contribution in [0.2, 0.25) is 0 Å². The molecule has 352 valence electrons. The van der Waals surface area contributed by atoms with Crippen LogP contribution in [0.4, 0.5) is 0 Å². The number of piperazine rings is 2. The lowest BCUT2D eigenvalue weighted by atomic mass is 9.96. The van der Waals surface area contributed by atoms with Crippen molar-refractivity contribution in [3.63, 3.8) is 0 Å². The van der Waals surface area contributed by atoms with Crippen molar-refractivity contribution in [2.45, 2.75) is 64.6 Å². The first kappa shape index (κ1) is 45.8. The fourth-order valence-electron chi connectivity index (χ4n) is 8.97. The van der Waals surface area contributed by atoms with E-state index in [9.17, 15) is 19.2 Å². The molecule has 0 saturated carbocycles. The number of aromatic nitrogens is 10. The number of hydrogen-bond donors (Lipinski definition) is 0. The molecule has 2 aromatic carbocycles. The first-order valence-corrected chi connectivity index (χ1v) is 23.1. The third-order valence-electron chi connectivity index (χ3n) is 12.8. The van der Waals surface area contributed by atoms with E-state index in [-0.39, 0.29) is 36.0 Å². The number of tetrazole rings is 2. The molecule has 0 spiro atoms. The van der Waals surface area contributed by atoms with Gasteiger partial charge in [0.15, 0.2) is 11.6 Å². The molecule has 4 aliphatic rings. The maximum Gasteiger partial charge on any atom is 0.338 e. The first-order chi connectivity index (χ1) is 33.1. The van der Waals surface area contributed by atoms with Gasteiger partial charge < -0.3 is 19.3 Å². The lowest BCUT2D eigenvalue weighted by molar-refractivity contribution is -0.133. The molecule has 0 N–H and O–H groups in total. The highest BCUT2D eigenvalue weighted by molar-refractivity contribution is 5.93. The number of rotatable bonds is 12. The average molecular weight is 923 g/mol. The van der Waals surface area contributed by atoms with Gasteiger partial charge >= 0.3 is 11.9 Å². The predicted molar refractivity (Wildman–Crippen MR) is 245 cm³/mol. The van der Waals surface area contributed by atoms with Crippen LogP contribution < -0.4 is 0 Å². The highest BCUT2D eigenvalue weighted by Gasteiger charge is 2.27. The number of hydrogen-bond acceptors (Lipinski definition) is 16. The molecule has 20 nitrogen and oxygen atoms in total. The zero-order valence-electron chi connectivity index (χ0n) is 38.3. The van der Waals surface area contributed by atoms with Crippen molar-refractivity contribution in [1.29, 1.82) is 0 Å². The van der Waals surface area contributed by atoms with E-state index in [1.165, 1.54) is 33.1 Å². The van der Waals surface area contributed by atoms with Gasteiger partial charge in [-0.2, -0.15) is 9.36 Å². The number of amides is 2. The van der Waals surface area contributed by atoms with Gasteiger partial charge in [-0.3, -0.25) is 19.4 Å². The molecule has 2 fully saturated rings. The Labute approximate surface area is 393 Å². The first-order valence-electron chi connectivity index (χ1n) is 23.1. The second kappa shape index (κ2) is 21.1. The SMILES string of the molecule is C[C@H]1Cc2cc(CCN3CCN(C(=O)Cc4ccc(-n5cnnn5)nc4)CC3)ccc2C(=O)O1.C[C@H]1Cc2cc(CCN3CCN(C(=O)Cc4ccc(-n5cnnn5)nc4)CC3)ccc2C(=O)O1. The minimum atomic E-state index is -0.222. The van der Waals surface area contributed by atoms with Crippen molar-refractivity contribution in [3.05, 3.63) is 130 Å². The van der Waals surface area contributed by atoms with Gasteiger partial charge in [0.05, 0.1) is 24.0 Å². The van der Waals surface area contributed by atoms with E-state index in [0.29, 0.717) is 35.6 Å². The Morgan fingerprint density at radius 1 is 0.559 bits per heavy atom. The summed E-state index contributed by atoms with van der Waals surface area (Å²) < 4.78 is 13.6. The van der Waals surface area contributed by atoms with Crippen LogP contribution in [0.3, 0.4) is 0 Å². The van der Waals surface area contributed by atoms with Crippen molar-refractivity contribution >= 4 is 23.8 Å². The second-order valence-electron chi connectivity index (χ2n) is 17.7. The Hall–Kier alpha value is -7.32. The molecule has 2 saturated heterocycles. The van der Waals surface area contributed by atoms with Crippen LogP contribution in [-0.4, -0.2) is 171 Å². The van der Waals surface area contributed by atoms with Crippen LogP contribution in [0.25, 0.3) is 11.6 Å². The van der Waals surface area contributed by atoms with Crippen LogP contribution in [0.5, 0.6) is 0 Å². The number of benzene rings is 2. The van der Waals surface area contributed by atoms with Gasteiger partial charge in [-0.25, -0.2) is 19.6 Å². The topological polar surface area (TPSA) is 213 Å². The molecule has 20 heteroatoms. The summed E-state index contributed by atoms with van der Waals surface area (Å²) in [6.45, 7) is 12.1. The molecule has 0 bridgehead atoms. The highest BCUT2D eigenvalue weighted by atomic mass is 16.5. The molecule has 4 aliphatic heterocycles. The molecule has 68 heavy (non-hydrogen) atoms. The smallest absolute Gasteiger partial charge is 0.338 e. The monoisotopic (exact) mass is 922 g/mol.